The summed E-state index contributed by atoms with van der Waals surface area (Å²) in [6, 6.07) is 0. The third-order valence-corrected chi connectivity index (χ3v) is 0.672. The normalized spacial score (nSPS) is 12.2. The van der Waals surface area contributed by atoms with Gasteiger partial charge in [0.2, 0.25) is 0 Å². The first kappa shape index (κ1) is 6.33. The number of alkyl halides is 1. The van der Waals surface area contributed by atoms with Gasteiger partial charge in [0.05, 0.1) is 0 Å². The highest BCUT2D eigenvalue weighted by atomic mass is 127. The zero-order valence-corrected chi connectivity index (χ0v) is 5.08. The van der Waals surface area contributed by atoms with Crippen LogP contribution in [0, 0.1) is 0 Å². The monoisotopic (exact) mass is 204 g/mol. The van der Waals surface area contributed by atoms with E-state index in [9.17, 15) is 8.78 Å². The summed E-state index contributed by atoms with van der Waals surface area (Å²) < 4.78 is 21.7. The number of hydrogen-bond acceptors (Lipinski definition) is 0. The summed E-state index contributed by atoms with van der Waals surface area (Å²) in [6.45, 7) is -0.714. The molecule has 0 spiro atoms. The van der Waals surface area contributed by atoms with Crippen molar-refractivity contribution in [1.29, 1.82) is 0 Å². The van der Waals surface area contributed by atoms with Crippen molar-refractivity contribution < 1.29 is 8.78 Å². The van der Waals surface area contributed by atoms with Gasteiger partial charge in [0.1, 0.15) is 6.67 Å². The minimum Gasteiger partial charge on any atom is -0.246 e. The largest absolute Gasteiger partial charge is 0.246 e. The van der Waals surface area contributed by atoms with Crippen LogP contribution in [-0.4, -0.2) is 6.67 Å². The van der Waals surface area contributed by atoms with E-state index in [1.54, 1.807) is 0 Å². The van der Waals surface area contributed by atoms with Crippen LogP contribution < -0.4 is 0 Å². The fraction of sp³-hybridized carbons (Fsp3) is 0.333. The van der Waals surface area contributed by atoms with Crippen LogP contribution in [0.25, 0.3) is 0 Å². The smallest absolute Gasteiger partial charge is 0.159 e. The molecular formula is C3H3F2I. The Morgan fingerprint density at radius 2 is 2.33 bits per heavy atom. The van der Waals surface area contributed by atoms with Crippen LogP contribution in [0.3, 0.4) is 0 Å². The molecule has 0 aromatic rings. The maximum atomic E-state index is 11.3. The highest BCUT2D eigenvalue weighted by Gasteiger charge is 1.77. The number of hydrogen-bond donors (Lipinski definition) is 0. The van der Waals surface area contributed by atoms with Crippen LogP contribution in [0.15, 0.2) is 9.91 Å². The Bertz CT molecular complexity index is 55.8. The molecule has 0 nitrogen and oxygen atoms in total. The number of rotatable bonds is 1. The molecule has 0 unspecified atom stereocenters. The quantitative estimate of drug-likeness (QED) is 0.574. The van der Waals surface area contributed by atoms with Crippen molar-refractivity contribution in [3.8, 4) is 0 Å². The molecule has 3 heteroatoms. The van der Waals surface area contributed by atoms with Crippen LogP contribution in [0.4, 0.5) is 8.78 Å². The molecule has 0 aromatic heterocycles. The molecule has 0 bridgehead atoms. The lowest BCUT2D eigenvalue weighted by Crippen LogP contribution is -1.58. The van der Waals surface area contributed by atoms with Gasteiger partial charge in [-0.15, -0.1) is 0 Å². The van der Waals surface area contributed by atoms with Crippen molar-refractivity contribution >= 4 is 22.6 Å². The van der Waals surface area contributed by atoms with Crippen molar-refractivity contribution in [3.63, 3.8) is 0 Å². The summed E-state index contributed by atoms with van der Waals surface area (Å²) in [7, 11) is 0. The Morgan fingerprint density at radius 3 is 2.33 bits per heavy atom. The third kappa shape index (κ3) is 4.33. The Morgan fingerprint density at radius 1 is 1.83 bits per heavy atom. The standard InChI is InChI=1S/C3H3F2I/c4-2-1-3(5)6/h1H,2H2. The Kier molecular flexibility index (Phi) is 3.71. The van der Waals surface area contributed by atoms with Crippen molar-refractivity contribution in [1.82, 2.24) is 0 Å². The Labute approximate surface area is 48.4 Å². The van der Waals surface area contributed by atoms with Gasteiger partial charge >= 0.3 is 0 Å². The van der Waals surface area contributed by atoms with Crippen molar-refractivity contribution in [3.05, 3.63) is 9.91 Å². The summed E-state index contributed by atoms with van der Waals surface area (Å²) in [5.74, 6) is 0. The van der Waals surface area contributed by atoms with Crippen LogP contribution in [0.2, 0.25) is 0 Å². The van der Waals surface area contributed by atoms with Gasteiger partial charge in [-0.25, -0.2) is 8.78 Å². The van der Waals surface area contributed by atoms with Crippen LogP contribution in [-0.2, 0) is 0 Å². The van der Waals surface area contributed by atoms with Gasteiger partial charge in [0.15, 0.2) is 3.83 Å². The molecule has 0 aliphatic rings. The molecule has 0 N–H and O–H groups in total. The van der Waals surface area contributed by atoms with Gasteiger partial charge in [-0.05, 0) is 28.7 Å². The summed E-state index contributed by atoms with van der Waals surface area (Å²) in [5, 5.41) is 0. The molecule has 0 fully saturated rings. The van der Waals surface area contributed by atoms with E-state index in [0.29, 0.717) is 0 Å². The van der Waals surface area contributed by atoms with Gasteiger partial charge in [0.25, 0.3) is 0 Å². The van der Waals surface area contributed by atoms with Crippen LogP contribution in [0.5, 0.6) is 0 Å². The van der Waals surface area contributed by atoms with E-state index in [-0.39, 0.29) is 0 Å². The second-order valence-electron chi connectivity index (χ2n) is 0.648. The zero-order valence-electron chi connectivity index (χ0n) is 2.92. The molecule has 0 radical (unpaired) electrons. The molecular weight excluding hydrogens is 201 g/mol. The molecule has 0 rings (SSSR count). The highest BCUT2D eigenvalue weighted by molar-refractivity contribution is 14.1. The fourth-order valence-electron chi connectivity index (χ4n) is 0.0583. The Hall–Kier alpha value is 0.330. The van der Waals surface area contributed by atoms with Gasteiger partial charge in [0, 0.05) is 0 Å². The molecule has 36 valence electrons. The SMILES string of the molecule is FCC=C(F)I. The minimum atomic E-state index is -0.714. The highest BCUT2D eigenvalue weighted by Crippen LogP contribution is 2.04. The number of halogens is 3. The van der Waals surface area contributed by atoms with Crippen molar-refractivity contribution in [2.75, 3.05) is 6.67 Å². The first-order valence-corrected chi connectivity index (χ1v) is 2.42. The van der Waals surface area contributed by atoms with Gasteiger partial charge in [-0.2, -0.15) is 0 Å². The molecule has 6 heavy (non-hydrogen) atoms. The maximum Gasteiger partial charge on any atom is 0.159 e. The fourth-order valence-corrected chi connectivity index (χ4v) is 0.225. The molecule has 0 aliphatic carbocycles. The van der Waals surface area contributed by atoms with E-state index in [4.69, 9.17) is 0 Å². The molecule has 0 heterocycles. The third-order valence-electron chi connectivity index (χ3n) is 0.231. The topological polar surface area (TPSA) is 0 Å². The second-order valence-corrected chi connectivity index (χ2v) is 1.68. The molecule has 0 aliphatic heterocycles. The van der Waals surface area contributed by atoms with E-state index < -0.39 is 10.5 Å². The molecule has 0 amide bonds. The summed E-state index contributed by atoms with van der Waals surface area (Å²) in [6.07, 6.45) is 0.862. The first-order valence-electron chi connectivity index (χ1n) is 1.34. The molecule has 0 aromatic carbocycles. The summed E-state index contributed by atoms with van der Waals surface area (Å²) in [4.78, 5) is 0. The Balaban J connectivity index is 3.14. The predicted molar refractivity (Wildman–Crippen MR) is 29.2 cm³/mol. The molecule has 0 atom stereocenters. The second kappa shape index (κ2) is 3.52. The predicted octanol–water partition coefficient (Wildman–Crippen LogP) is 2.20. The van der Waals surface area contributed by atoms with Gasteiger partial charge < -0.3 is 0 Å². The van der Waals surface area contributed by atoms with Crippen molar-refractivity contribution in [2.24, 2.45) is 0 Å². The lowest BCUT2D eigenvalue weighted by atomic mass is 10.7. The first-order chi connectivity index (χ1) is 2.77. The van der Waals surface area contributed by atoms with Gasteiger partial charge in [-0.3, -0.25) is 0 Å². The van der Waals surface area contributed by atoms with E-state index in [1.165, 1.54) is 22.6 Å². The molecule has 0 saturated carbocycles. The molecule has 0 saturated heterocycles. The van der Waals surface area contributed by atoms with Crippen LogP contribution in [0.1, 0.15) is 0 Å². The average Bonchev–Trinajstić information content (AvgIpc) is 1.35. The van der Waals surface area contributed by atoms with Crippen molar-refractivity contribution in [2.45, 2.75) is 0 Å². The van der Waals surface area contributed by atoms with Gasteiger partial charge in [-0.1, -0.05) is 0 Å². The lowest BCUT2D eigenvalue weighted by molar-refractivity contribution is 0.553. The zero-order chi connectivity index (χ0) is 4.99. The van der Waals surface area contributed by atoms with E-state index in [0.717, 1.165) is 6.08 Å². The minimum absolute atomic E-state index is 0.491. The maximum absolute atomic E-state index is 11.3. The van der Waals surface area contributed by atoms with E-state index in [2.05, 4.69) is 0 Å². The van der Waals surface area contributed by atoms with E-state index >= 15 is 0 Å². The number of allylic oxidation sites excluding steroid dienone is 1. The summed E-state index contributed by atoms with van der Waals surface area (Å²) >= 11 is 1.40. The summed E-state index contributed by atoms with van der Waals surface area (Å²) in [5.41, 5.74) is 0. The van der Waals surface area contributed by atoms with Crippen LogP contribution >= 0.6 is 22.6 Å². The average molecular weight is 204 g/mol. The lowest BCUT2D eigenvalue weighted by Gasteiger charge is -1.71. The van der Waals surface area contributed by atoms with E-state index in [1.807, 2.05) is 0 Å².